The van der Waals surface area contributed by atoms with E-state index in [2.05, 4.69) is 50.0 Å². The lowest BCUT2D eigenvalue weighted by molar-refractivity contribution is 0.304. The molecule has 4 heteroatoms. The van der Waals surface area contributed by atoms with Gasteiger partial charge in [0, 0.05) is 12.5 Å². The van der Waals surface area contributed by atoms with Gasteiger partial charge in [-0.25, -0.2) is 0 Å². The van der Waals surface area contributed by atoms with Gasteiger partial charge in [-0.3, -0.25) is 0 Å². The van der Waals surface area contributed by atoms with E-state index >= 15 is 0 Å². The Morgan fingerprint density at radius 1 is 0.579 bits per heavy atom. The molecule has 3 rings (SSSR count). The number of ether oxygens (including phenoxy) is 1. The van der Waals surface area contributed by atoms with Crippen molar-refractivity contribution >= 4 is 0 Å². The lowest BCUT2D eigenvalue weighted by atomic mass is 10.1. The predicted octanol–water partition coefficient (Wildman–Crippen LogP) is 10.8. The lowest BCUT2D eigenvalue weighted by Crippen LogP contribution is -1.97. The standard InChI is InChI=1S/C15H24O.C10H10N2O.C9H20/c1-3-4-5-6-7-8-13-16-15-11-9-14(2)10-12-15;1-7-3-5-9(6-4-7)10-11-8(2)13-12-10;1-3-5-7-9-8-6-4-2/h9-12H,3-8,13H2,1-2H3;3-6H,1-2H3;3-9H2,1-2H3. The Morgan fingerprint density at radius 3 is 1.47 bits per heavy atom. The first-order chi connectivity index (χ1) is 18.5. The fourth-order valence-electron chi connectivity index (χ4n) is 3.86. The molecule has 4 nitrogen and oxygen atoms in total. The maximum absolute atomic E-state index is 5.67. The summed E-state index contributed by atoms with van der Waals surface area (Å²) in [7, 11) is 0. The summed E-state index contributed by atoms with van der Waals surface area (Å²) in [6.07, 6.45) is 17.9. The number of aromatic nitrogens is 2. The lowest BCUT2D eigenvalue weighted by Gasteiger charge is -2.06. The van der Waals surface area contributed by atoms with Crippen LogP contribution in [0, 0.1) is 20.8 Å². The second kappa shape index (κ2) is 22.4. The van der Waals surface area contributed by atoms with Crippen LogP contribution < -0.4 is 4.74 Å². The molecule has 0 saturated carbocycles. The Morgan fingerprint density at radius 2 is 1.03 bits per heavy atom. The van der Waals surface area contributed by atoms with Crippen LogP contribution in [-0.4, -0.2) is 16.7 Å². The molecule has 0 aliphatic rings. The molecule has 1 aromatic heterocycles. The van der Waals surface area contributed by atoms with Crippen LogP contribution in [0.25, 0.3) is 11.4 Å². The fraction of sp³-hybridized carbons (Fsp3) is 0.588. The second-order valence-corrected chi connectivity index (χ2v) is 10.2. The highest BCUT2D eigenvalue weighted by molar-refractivity contribution is 5.54. The summed E-state index contributed by atoms with van der Waals surface area (Å²) in [5.74, 6) is 2.24. The summed E-state index contributed by atoms with van der Waals surface area (Å²) in [6.45, 7) is 13.6. The first-order valence-corrected chi connectivity index (χ1v) is 15.1. The second-order valence-electron chi connectivity index (χ2n) is 10.2. The minimum absolute atomic E-state index is 0.593. The van der Waals surface area contributed by atoms with Crippen LogP contribution in [0.15, 0.2) is 53.1 Å². The maximum atomic E-state index is 5.67. The summed E-state index contributed by atoms with van der Waals surface area (Å²) >= 11 is 0. The SMILES string of the molecule is CCCCCCCCC.CCCCCCCCOc1ccc(C)cc1.Cc1ccc(-c2noc(C)n2)cc1. The van der Waals surface area contributed by atoms with Crippen LogP contribution in [0.4, 0.5) is 0 Å². The van der Waals surface area contributed by atoms with Crippen molar-refractivity contribution in [3.63, 3.8) is 0 Å². The Kier molecular flexibility index (Phi) is 19.7. The van der Waals surface area contributed by atoms with Gasteiger partial charge in [0.1, 0.15) is 5.75 Å². The van der Waals surface area contributed by atoms with Crippen molar-refractivity contribution in [3.8, 4) is 17.1 Å². The van der Waals surface area contributed by atoms with Crippen LogP contribution in [0.2, 0.25) is 0 Å². The smallest absolute Gasteiger partial charge is 0.223 e. The Balaban J connectivity index is 0.000000297. The van der Waals surface area contributed by atoms with Crippen molar-refractivity contribution in [2.45, 2.75) is 125 Å². The van der Waals surface area contributed by atoms with E-state index in [9.17, 15) is 0 Å². The number of nitrogens with zero attached hydrogens (tertiary/aromatic N) is 2. The topological polar surface area (TPSA) is 48.2 Å². The van der Waals surface area contributed by atoms with Gasteiger partial charge in [0.25, 0.3) is 0 Å². The molecule has 0 unspecified atom stereocenters. The van der Waals surface area contributed by atoms with Crippen molar-refractivity contribution in [1.82, 2.24) is 10.1 Å². The van der Waals surface area contributed by atoms with Crippen molar-refractivity contribution in [1.29, 1.82) is 0 Å². The quantitative estimate of drug-likeness (QED) is 0.186. The van der Waals surface area contributed by atoms with Crippen molar-refractivity contribution in [2.75, 3.05) is 6.61 Å². The molecule has 0 fully saturated rings. The summed E-state index contributed by atoms with van der Waals surface area (Å²) in [6, 6.07) is 16.3. The average molecular weight is 523 g/mol. The molecule has 0 aliphatic carbocycles. The molecule has 0 aliphatic heterocycles. The highest BCUT2D eigenvalue weighted by Gasteiger charge is 2.03. The van der Waals surface area contributed by atoms with Gasteiger partial charge in [-0.15, -0.1) is 0 Å². The van der Waals surface area contributed by atoms with Crippen molar-refractivity contribution in [2.24, 2.45) is 0 Å². The molecule has 3 aromatic rings. The zero-order chi connectivity index (χ0) is 27.8. The van der Waals surface area contributed by atoms with Crippen molar-refractivity contribution in [3.05, 3.63) is 65.5 Å². The van der Waals surface area contributed by atoms with E-state index in [1.165, 1.54) is 94.6 Å². The fourth-order valence-corrected chi connectivity index (χ4v) is 3.86. The number of aryl methyl sites for hydroxylation is 3. The highest BCUT2D eigenvalue weighted by Crippen LogP contribution is 2.16. The number of hydrogen-bond acceptors (Lipinski definition) is 4. The minimum Gasteiger partial charge on any atom is -0.494 e. The third-order valence-corrected chi connectivity index (χ3v) is 6.33. The molecular weight excluding hydrogens is 468 g/mol. The first kappa shape index (κ1) is 33.4. The Bertz CT molecular complexity index is 910. The molecule has 0 spiro atoms. The molecule has 38 heavy (non-hydrogen) atoms. The molecule has 0 amide bonds. The number of unbranched alkanes of at least 4 members (excludes halogenated alkanes) is 11. The van der Waals surface area contributed by atoms with Crippen LogP contribution in [0.1, 0.15) is 121 Å². The Hall–Kier alpha value is -2.62. The maximum Gasteiger partial charge on any atom is 0.223 e. The molecule has 0 N–H and O–H groups in total. The van der Waals surface area contributed by atoms with Crippen LogP contribution in [0.3, 0.4) is 0 Å². The first-order valence-electron chi connectivity index (χ1n) is 15.1. The molecule has 0 radical (unpaired) electrons. The largest absolute Gasteiger partial charge is 0.494 e. The van der Waals surface area contributed by atoms with Crippen LogP contribution in [-0.2, 0) is 0 Å². The van der Waals surface area contributed by atoms with E-state index in [1.54, 1.807) is 6.92 Å². The predicted molar refractivity (Wildman–Crippen MR) is 163 cm³/mol. The van der Waals surface area contributed by atoms with E-state index in [0.29, 0.717) is 11.7 Å². The van der Waals surface area contributed by atoms with Gasteiger partial charge in [-0.2, -0.15) is 4.98 Å². The molecule has 1 heterocycles. The zero-order valence-electron chi connectivity index (χ0n) is 25.2. The van der Waals surface area contributed by atoms with Gasteiger partial charge < -0.3 is 9.26 Å². The summed E-state index contributed by atoms with van der Waals surface area (Å²) < 4.78 is 10.6. The summed E-state index contributed by atoms with van der Waals surface area (Å²) in [5.41, 5.74) is 3.50. The van der Waals surface area contributed by atoms with Crippen molar-refractivity contribution < 1.29 is 9.26 Å². The summed E-state index contributed by atoms with van der Waals surface area (Å²) in [4.78, 5) is 4.13. The van der Waals surface area contributed by atoms with E-state index in [-0.39, 0.29) is 0 Å². The molecule has 0 bridgehead atoms. The number of rotatable bonds is 15. The van der Waals surface area contributed by atoms with Crippen LogP contribution in [0.5, 0.6) is 5.75 Å². The third kappa shape index (κ3) is 17.0. The molecular formula is C34H54N2O2. The minimum atomic E-state index is 0.593. The van der Waals surface area contributed by atoms with Gasteiger partial charge in [-0.05, 0) is 32.4 Å². The van der Waals surface area contributed by atoms with Gasteiger partial charge in [-0.1, -0.05) is 151 Å². The van der Waals surface area contributed by atoms with Gasteiger partial charge in [0.05, 0.1) is 6.61 Å². The normalized spacial score (nSPS) is 10.3. The van der Waals surface area contributed by atoms with Crippen LogP contribution >= 0.6 is 0 Å². The third-order valence-electron chi connectivity index (χ3n) is 6.33. The van der Waals surface area contributed by atoms with Gasteiger partial charge in [0.2, 0.25) is 11.7 Å². The number of hydrogen-bond donors (Lipinski definition) is 0. The van der Waals surface area contributed by atoms with E-state index in [0.717, 1.165) is 17.9 Å². The summed E-state index contributed by atoms with van der Waals surface area (Å²) in [5, 5.41) is 3.83. The molecule has 2 aromatic carbocycles. The Labute approximate surface area is 233 Å². The molecule has 0 atom stereocenters. The van der Waals surface area contributed by atoms with Gasteiger partial charge >= 0.3 is 0 Å². The molecule has 0 saturated heterocycles. The number of benzene rings is 2. The van der Waals surface area contributed by atoms with E-state index in [4.69, 9.17) is 9.26 Å². The monoisotopic (exact) mass is 522 g/mol. The van der Waals surface area contributed by atoms with E-state index in [1.807, 2.05) is 43.3 Å². The highest BCUT2D eigenvalue weighted by atomic mass is 16.5. The molecule has 212 valence electrons. The average Bonchev–Trinajstić information content (AvgIpc) is 3.36. The van der Waals surface area contributed by atoms with Gasteiger partial charge in [0.15, 0.2) is 0 Å². The van der Waals surface area contributed by atoms with E-state index < -0.39 is 0 Å². The zero-order valence-corrected chi connectivity index (χ0v) is 25.2.